The molecule has 0 aliphatic carbocycles. The van der Waals surface area contributed by atoms with Gasteiger partial charge >= 0.3 is 0 Å². The normalized spacial score (nSPS) is 12.1. The Morgan fingerprint density at radius 2 is 2.14 bits per heavy atom. The van der Waals surface area contributed by atoms with Crippen molar-refractivity contribution in [1.29, 1.82) is 0 Å². The highest BCUT2D eigenvalue weighted by Crippen LogP contribution is 2.07. The predicted octanol–water partition coefficient (Wildman–Crippen LogP) is 1.13. The van der Waals surface area contributed by atoms with Gasteiger partial charge in [0.25, 0.3) is 0 Å². The highest BCUT2D eigenvalue weighted by atomic mass is 16.1. The van der Waals surface area contributed by atoms with Gasteiger partial charge in [-0.05, 0) is 24.5 Å². The van der Waals surface area contributed by atoms with Crippen molar-refractivity contribution < 1.29 is 4.79 Å². The minimum absolute atomic E-state index is 0.00484. The van der Waals surface area contributed by atoms with E-state index in [9.17, 15) is 4.79 Å². The minimum atomic E-state index is -0.188. The molecule has 1 atom stereocenters. The molecule has 0 radical (unpaired) electrons. The number of hydrogen-bond acceptors (Lipinski definition) is 3. The van der Waals surface area contributed by atoms with Gasteiger partial charge in [-0.25, -0.2) is 0 Å². The number of aromatic nitrogens is 2. The Balaban J connectivity index is 1.80. The zero-order valence-electron chi connectivity index (χ0n) is 12.3. The summed E-state index contributed by atoms with van der Waals surface area (Å²) in [6.45, 7) is 3.57. The second-order valence-corrected chi connectivity index (χ2v) is 5.19. The molecule has 3 N–H and O–H groups in total. The lowest BCUT2D eigenvalue weighted by atomic mass is 9.98. The van der Waals surface area contributed by atoms with Crippen LogP contribution in [0.2, 0.25) is 0 Å². The summed E-state index contributed by atoms with van der Waals surface area (Å²) in [5, 5.41) is 7.12. The lowest BCUT2D eigenvalue weighted by Crippen LogP contribution is -2.37. The zero-order valence-corrected chi connectivity index (χ0v) is 12.3. The van der Waals surface area contributed by atoms with Gasteiger partial charge in [-0.15, -0.1) is 0 Å². The van der Waals surface area contributed by atoms with Gasteiger partial charge in [0, 0.05) is 19.3 Å². The largest absolute Gasteiger partial charge is 0.354 e. The van der Waals surface area contributed by atoms with Crippen molar-refractivity contribution >= 4 is 5.91 Å². The number of rotatable bonds is 7. The van der Waals surface area contributed by atoms with Crippen LogP contribution >= 0.6 is 0 Å². The van der Waals surface area contributed by atoms with Crippen molar-refractivity contribution in [3.05, 3.63) is 53.9 Å². The van der Waals surface area contributed by atoms with E-state index < -0.39 is 0 Å². The van der Waals surface area contributed by atoms with Crippen LogP contribution in [0.25, 0.3) is 0 Å². The Bertz CT molecular complexity index is 565. The molecule has 0 fully saturated rings. The number of nitrogens with one attached hydrogen (secondary N) is 1. The Morgan fingerprint density at radius 3 is 2.76 bits per heavy atom. The maximum absolute atomic E-state index is 12.2. The van der Waals surface area contributed by atoms with Gasteiger partial charge in [0.1, 0.15) is 0 Å². The van der Waals surface area contributed by atoms with Gasteiger partial charge in [-0.2, -0.15) is 5.10 Å². The van der Waals surface area contributed by atoms with Crippen LogP contribution in [0.5, 0.6) is 0 Å². The highest BCUT2D eigenvalue weighted by Gasteiger charge is 2.16. The van der Waals surface area contributed by atoms with E-state index in [0.29, 0.717) is 26.1 Å². The Morgan fingerprint density at radius 1 is 1.38 bits per heavy atom. The van der Waals surface area contributed by atoms with E-state index in [4.69, 9.17) is 5.73 Å². The van der Waals surface area contributed by atoms with E-state index in [2.05, 4.69) is 10.4 Å². The summed E-state index contributed by atoms with van der Waals surface area (Å²) in [5.74, 6) is -0.183. The molecule has 1 aromatic heterocycles. The first-order chi connectivity index (χ1) is 10.2. The van der Waals surface area contributed by atoms with Crippen LogP contribution in [0.1, 0.15) is 11.1 Å². The van der Waals surface area contributed by atoms with Crippen LogP contribution in [0, 0.1) is 12.8 Å². The quantitative estimate of drug-likeness (QED) is 0.801. The maximum Gasteiger partial charge on any atom is 0.224 e. The molecule has 1 unspecified atom stereocenters. The predicted molar refractivity (Wildman–Crippen MR) is 82.7 cm³/mol. The van der Waals surface area contributed by atoms with Gasteiger partial charge < -0.3 is 11.1 Å². The molecular weight excluding hydrogens is 264 g/mol. The SMILES string of the molecule is Cc1cnn(CCNC(=O)C(CN)Cc2ccccc2)c1. The number of carbonyl (C=O) groups excluding carboxylic acids is 1. The van der Waals surface area contributed by atoms with Crippen LogP contribution in [-0.4, -0.2) is 28.8 Å². The third-order valence-corrected chi connectivity index (χ3v) is 3.38. The maximum atomic E-state index is 12.2. The molecule has 0 bridgehead atoms. The van der Waals surface area contributed by atoms with Crippen molar-refractivity contribution in [2.24, 2.45) is 11.7 Å². The molecule has 0 aliphatic rings. The number of aryl methyl sites for hydroxylation is 1. The number of benzene rings is 1. The monoisotopic (exact) mass is 286 g/mol. The van der Waals surface area contributed by atoms with Gasteiger partial charge in [-0.3, -0.25) is 9.48 Å². The number of carbonyl (C=O) groups is 1. The first-order valence-corrected chi connectivity index (χ1v) is 7.20. The summed E-state index contributed by atoms with van der Waals surface area (Å²) in [6, 6.07) is 9.94. The van der Waals surface area contributed by atoms with E-state index in [-0.39, 0.29) is 11.8 Å². The second kappa shape index (κ2) is 7.59. The fourth-order valence-electron chi connectivity index (χ4n) is 2.21. The van der Waals surface area contributed by atoms with Crippen molar-refractivity contribution in [3.63, 3.8) is 0 Å². The fourth-order valence-corrected chi connectivity index (χ4v) is 2.21. The Labute approximate surface area is 125 Å². The van der Waals surface area contributed by atoms with Crippen LogP contribution in [0.4, 0.5) is 0 Å². The van der Waals surface area contributed by atoms with Crippen molar-refractivity contribution in [1.82, 2.24) is 15.1 Å². The van der Waals surface area contributed by atoms with Gasteiger partial charge in [0.15, 0.2) is 0 Å². The van der Waals surface area contributed by atoms with Gasteiger partial charge in [0.05, 0.1) is 18.7 Å². The molecule has 0 aliphatic heterocycles. The van der Waals surface area contributed by atoms with Crippen LogP contribution < -0.4 is 11.1 Å². The smallest absolute Gasteiger partial charge is 0.224 e. The van der Waals surface area contributed by atoms with Crippen LogP contribution in [0.3, 0.4) is 0 Å². The molecule has 0 spiro atoms. The van der Waals surface area contributed by atoms with E-state index >= 15 is 0 Å². The third kappa shape index (κ3) is 4.72. The molecule has 1 amide bonds. The van der Waals surface area contributed by atoms with Crippen molar-refractivity contribution in [3.8, 4) is 0 Å². The lowest BCUT2D eigenvalue weighted by molar-refractivity contribution is -0.124. The summed E-state index contributed by atoms with van der Waals surface area (Å²) in [7, 11) is 0. The molecular formula is C16H22N4O. The van der Waals surface area contributed by atoms with Gasteiger partial charge in [0.2, 0.25) is 5.91 Å². The highest BCUT2D eigenvalue weighted by molar-refractivity contribution is 5.79. The summed E-state index contributed by atoms with van der Waals surface area (Å²) in [5.41, 5.74) is 7.98. The molecule has 2 aromatic rings. The summed E-state index contributed by atoms with van der Waals surface area (Å²) >= 11 is 0. The zero-order chi connectivity index (χ0) is 15.1. The lowest BCUT2D eigenvalue weighted by Gasteiger charge is -2.15. The first kappa shape index (κ1) is 15.3. The topological polar surface area (TPSA) is 72.9 Å². The molecule has 112 valence electrons. The van der Waals surface area contributed by atoms with Crippen molar-refractivity contribution in [2.45, 2.75) is 19.9 Å². The standard InChI is InChI=1S/C16H22N4O/c1-13-11-19-20(12-13)8-7-18-16(21)15(10-17)9-14-5-3-2-4-6-14/h2-6,11-12,15H,7-10,17H2,1H3,(H,18,21). The number of amides is 1. The minimum Gasteiger partial charge on any atom is -0.354 e. The molecule has 5 heteroatoms. The number of nitrogens with two attached hydrogens (primary N) is 1. The van der Waals surface area contributed by atoms with Crippen LogP contribution in [0.15, 0.2) is 42.7 Å². The molecule has 0 saturated heterocycles. The summed E-state index contributed by atoms with van der Waals surface area (Å²) in [4.78, 5) is 12.2. The summed E-state index contributed by atoms with van der Waals surface area (Å²) in [6.07, 6.45) is 4.43. The molecule has 1 heterocycles. The fraction of sp³-hybridized carbons (Fsp3) is 0.375. The summed E-state index contributed by atoms with van der Waals surface area (Å²) < 4.78 is 1.82. The van der Waals surface area contributed by atoms with E-state index in [1.165, 1.54) is 0 Å². The van der Waals surface area contributed by atoms with Crippen LogP contribution in [-0.2, 0) is 17.8 Å². The van der Waals surface area contributed by atoms with Crippen molar-refractivity contribution in [2.75, 3.05) is 13.1 Å². The first-order valence-electron chi connectivity index (χ1n) is 7.20. The number of hydrogen-bond donors (Lipinski definition) is 2. The Hall–Kier alpha value is -2.14. The molecule has 2 rings (SSSR count). The average Bonchev–Trinajstić information content (AvgIpc) is 2.91. The average molecular weight is 286 g/mol. The van der Waals surface area contributed by atoms with E-state index in [1.54, 1.807) is 6.20 Å². The number of nitrogens with zero attached hydrogens (tertiary/aromatic N) is 2. The molecule has 0 saturated carbocycles. The van der Waals surface area contributed by atoms with Gasteiger partial charge in [-0.1, -0.05) is 30.3 Å². The van der Waals surface area contributed by atoms with E-state index in [1.807, 2.05) is 48.1 Å². The second-order valence-electron chi connectivity index (χ2n) is 5.19. The molecule has 21 heavy (non-hydrogen) atoms. The van der Waals surface area contributed by atoms with E-state index in [0.717, 1.165) is 11.1 Å². The Kier molecular flexibility index (Phi) is 5.51. The third-order valence-electron chi connectivity index (χ3n) is 3.38. The molecule has 1 aromatic carbocycles. The molecule has 5 nitrogen and oxygen atoms in total.